The van der Waals surface area contributed by atoms with Crippen LogP contribution >= 0.6 is 23.3 Å². The molecular weight excluding hydrogens is 444 g/mol. The van der Waals surface area contributed by atoms with Crippen LogP contribution in [0.1, 0.15) is 56.7 Å². The minimum atomic E-state index is -0.366. The normalized spacial score (nSPS) is 21.1. The quantitative estimate of drug-likeness (QED) is 0.417. The summed E-state index contributed by atoms with van der Waals surface area (Å²) in [6.45, 7) is 6.17. The molecule has 1 unspecified atom stereocenters. The number of nitrogens with zero attached hydrogens (tertiary/aromatic N) is 3. The maximum Gasteiger partial charge on any atom is 0.212 e. The van der Waals surface area contributed by atoms with Gasteiger partial charge in [0.05, 0.1) is 36.1 Å². The molecule has 1 fully saturated rings. The van der Waals surface area contributed by atoms with Crippen LogP contribution in [0.4, 0.5) is 0 Å². The van der Waals surface area contributed by atoms with Crippen molar-refractivity contribution in [1.82, 2.24) is 19.3 Å². The molecular formula is C23H32N4O3S2. The van der Waals surface area contributed by atoms with Gasteiger partial charge < -0.3 is 14.9 Å². The number of fused-ring (bicyclic) bond motifs is 1. The van der Waals surface area contributed by atoms with Gasteiger partial charge in [0, 0.05) is 17.0 Å². The van der Waals surface area contributed by atoms with Crippen LogP contribution in [-0.4, -0.2) is 50.7 Å². The van der Waals surface area contributed by atoms with Gasteiger partial charge in [-0.3, -0.25) is 4.72 Å². The average Bonchev–Trinajstić information content (AvgIpc) is 3.35. The zero-order valence-electron chi connectivity index (χ0n) is 19.1. The monoisotopic (exact) mass is 476 g/mol. The van der Waals surface area contributed by atoms with Crippen molar-refractivity contribution in [2.45, 2.75) is 75.3 Å². The zero-order valence-corrected chi connectivity index (χ0v) is 20.7. The van der Waals surface area contributed by atoms with E-state index in [-0.39, 0.29) is 18.1 Å². The molecule has 0 bridgehead atoms. The van der Waals surface area contributed by atoms with Gasteiger partial charge in [-0.2, -0.15) is 5.10 Å². The molecule has 2 aromatic heterocycles. The summed E-state index contributed by atoms with van der Waals surface area (Å²) in [7, 11) is 1.69. The Hall–Kier alpha value is -1.65. The molecule has 32 heavy (non-hydrogen) atoms. The van der Waals surface area contributed by atoms with Gasteiger partial charge in [-0.1, -0.05) is 25.2 Å². The van der Waals surface area contributed by atoms with Crippen LogP contribution in [0, 0.1) is 6.92 Å². The Bertz CT molecular complexity index is 1070. The summed E-state index contributed by atoms with van der Waals surface area (Å²) in [6.07, 6.45) is 4.29. The highest BCUT2D eigenvalue weighted by atomic mass is 32.2. The number of aryl methyl sites for hydroxylation is 1. The third-order valence-electron chi connectivity index (χ3n) is 6.49. The molecule has 1 aliphatic carbocycles. The molecule has 0 amide bonds. The molecule has 3 aromatic rings. The molecule has 0 spiro atoms. The number of hydrogen-bond donors (Lipinski definition) is 3. The molecule has 1 aliphatic rings. The van der Waals surface area contributed by atoms with Crippen molar-refractivity contribution in [3.8, 4) is 17.0 Å². The Morgan fingerprint density at radius 2 is 2.06 bits per heavy atom. The van der Waals surface area contributed by atoms with Crippen molar-refractivity contribution in [3.63, 3.8) is 0 Å². The average molecular weight is 477 g/mol. The third-order valence-corrected chi connectivity index (χ3v) is 8.70. The number of ether oxygens (including phenoxy) is 1. The van der Waals surface area contributed by atoms with E-state index in [1.165, 1.54) is 0 Å². The molecule has 4 rings (SSSR count). The lowest BCUT2D eigenvalue weighted by Gasteiger charge is -2.26. The van der Waals surface area contributed by atoms with Crippen LogP contribution in [0.25, 0.3) is 16.2 Å². The topological polar surface area (TPSA) is 91.9 Å². The van der Waals surface area contributed by atoms with Crippen molar-refractivity contribution in [1.29, 1.82) is 0 Å². The van der Waals surface area contributed by atoms with Gasteiger partial charge in [0.2, 0.25) is 4.96 Å². The van der Waals surface area contributed by atoms with Crippen molar-refractivity contribution in [3.05, 3.63) is 28.9 Å². The lowest BCUT2D eigenvalue weighted by atomic mass is 9.90. The van der Waals surface area contributed by atoms with E-state index in [9.17, 15) is 10.2 Å². The van der Waals surface area contributed by atoms with Crippen LogP contribution in [-0.2, 0) is 5.41 Å². The van der Waals surface area contributed by atoms with Gasteiger partial charge >= 0.3 is 0 Å². The molecule has 9 heteroatoms. The van der Waals surface area contributed by atoms with E-state index < -0.39 is 0 Å². The van der Waals surface area contributed by atoms with E-state index in [1.54, 1.807) is 30.4 Å². The standard InChI is InChI=1S/C23H32N4O3S2/c1-5-23(3,13-28)21-25-27-20(14(2)24-22(27)31-21)15-6-11-18(30-4)19(12-15)32-26-16-7-9-17(29)10-8-16/h6,11-12,16-17,26,28-29H,5,7-10,13H2,1-4H3. The van der Waals surface area contributed by atoms with E-state index in [0.717, 1.165) is 69.7 Å². The highest BCUT2D eigenvalue weighted by molar-refractivity contribution is 7.97. The lowest BCUT2D eigenvalue weighted by Crippen LogP contribution is -2.30. The summed E-state index contributed by atoms with van der Waals surface area (Å²) in [5, 5.41) is 25.4. The summed E-state index contributed by atoms with van der Waals surface area (Å²) >= 11 is 3.12. The predicted molar refractivity (Wildman–Crippen MR) is 130 cm³/mol. The van der Waals surface area contributed by atoms with Crippen LogP contribution in [0.15, 0.2) is 23.1 Å². The number of benzene rings is 1. The van der Waals surface area contributed by atoms with Crippen LogP contribution in [0.2, 0.25) is 0 Å². The van der Waals surface area contributed by atoms with E-state index in [0.29, 0.717) is 6.04 Å². The summed E-state index contributed by atoms with van der Waals surface area (Å²) < 4.78 is 11.1. The predicted octanol–water partition coefficient (Wildman–Crippen LogP) is 4.34. The molecule has 0 saturated heterocycles. The van der Waals surface area contributed by atoms with E-state index in [2.05, 4.69) is 17.7 Å². The van der Waals surface area contributed by atoms with Crippen molar-refractivity contribution in [2.75, 3.05) is 13.7 Å². The maximum absolute atomic E-state index is 9.92. The number of rotatable bonds is 8. The second-order valence-electron chi connectivity index (χ2n) is 8.81. The van der Waals surface area contributed by atoms with Gasteiger partial charge in [0.1, 0.15) is 10.8 Å². The molecule has 0 aliphatic heterocycles. The number of methoxy groups -OCH3 is 1. The first kappa shape index (κ1) is 23.5. The van der Waals surface area contributed by atoms with E-state index in [4.69, 9.17) is 14.8 Å². The number of aromatic nitrogens is 3. The van der Waals surface area contributed by atoms with Crippen molar-refractivity contribution < 1.29 is 14.9 Å². The van der Waals surface area contributed by atoms with Crippen LogP contribution in [0.3, 0.4) is 0 Å². The molecule has 1 aromatic carbocycles. The molecule has 1 atom stereocenters. The SMILES string of the molecule is CCC(C)(CO)c1nn2c(-c3ccc(OC)c(SNC4CCC(O)CC4)c3)c(C)nc2s1. The first-order chi connectivity index (χ1) is 15.4. The minimum absolute atomic E-state index is 0.0572. The third kappa shape index (κ3) is 4.54. The highest BCUT2D eigenvalue weighted by Crippen LogP contribution is 2.37. The molecule has 1 saturated carbocycles. The molecule has 2 heterocycles. The number of aliphatic hydroxyl groups excluding tert-OH is 2. The molecule has 174 valence electrons. The first-order valence-corrected chi connectivity index (χ1v) is 12.8. The van der Waals surface area contributed by atoms with E-state index in [1.807, 2.05) is 30.5 Å². The zero-order chi connectivity index (χ0) is 22.9. The number of nitrogens with one attached hydrogen (secondary N) is 1. The second-order valence-corrected chi connectivity index (χ2v) is 10.6. The summed E-state index contributed by atoms with van der Waals surface area (Å²) in [5.74, 6) is 0.818. The van der Waals surface area contributed by atoms with Crippen LogP contribution in [0.5, 0.6) is 5.75 Å². The Kier molecular flexibility index (Phi) is 7.11. The Labute approximate surface area is 197 Å². The minimum Gasteiger partial charge on any atom is -0.496 e. The first-order valence-electron chi connectivity index (χ1n) is 11.1. The maximum atomic E-state index is 9.92. The summed E-state index contributed by atoms with van der Waals surface area (Å²) in [4.78, 5) is 6.60. The van der Waals surface area contributed by atoms with Crippen molar-refractivity contribution >= 4 is 28.2 Å². The smallest absolute Gasteiger partial charge is 0.212 e. The molecule has 3 N–H and O–H groups in total. The number of imidazole rings is 1. The fourth-order valence-electron chi connectivity index (χ4n) is 4.00. The largest absolute Gasteiger partial charge is 0.496 e. The summed E-state index contributed by atoms with van der Waals surface area (Å²) in [5.41, 5.74) is 2.55. The summed E-state index contributed by atoms with van der Waals surface area (Å²) in [6, 6.07) is 6.53. The lowest BCUT2D eigenvalue weighted by molar-refractivity contribution is 0.121. The Balaban J connectivity index is 1.65. The van der Waals surface area contributed by atoms with Gasteiger partial charge in [-0.25, -0.2) is 9.50 Å². The van der Waals surface area contributed by atoms with Gasteiger partial charge in [-0.05, 0) is 69.2 Å². The fraction of sp³-hybridized carbons (Fsp3) is 0.565. The van der Waals surface area contributed by atoms with Gasteiger partial charge in [-0.15, -0.1) is 0 Å². The highest BCUT2D eigenvalue weighted by Gasteiger charge is 2.30. The fourth-order valence-corrected chi connectivity index (χ4v) is 6.12. The van der Waals surface area contributed by atoms with Crippen molar-refractivity contribution in [2.24, 2.45) is 0 Å². The Morgan fingerprint density at radius 3 is 2.72 bits per heavy atom. The molecule has 7 nitrogen and oxygen atoms in total. The molecule has 0 radical (unpaired) electrons. The second kappa shape index (κ2) is 9.69. The van der Waals surface area contributed by atoms with Gasteiger partial charge in [0.15, 0.2) is 0 Å². The van der Waals surface area contributed by atoms with Crippen LogP contribution < -0.4 is 9.46 Å². The number of hydrogen-bond acceptors (Lipinski definition) is 8. The van der Waals surface area contributed by atoms with Gasteiger partial charge in [0.25, 0.3) is 0 Å². The van der Waals surface area contributed by atoms with E-state index >= 15 is 0 Å². The number of aliphatic hydroxyl groups is 2. The Morgan fingerprint density at radius 1 is 1.31 bits per heavy atom.